The van der Waals surface area contributed by atoms with E-state index in [0.717, 1.165) is 25.2 Å². The van der Waals surface area contributed by atoms with Gasteiger partial charge in [-0.1, -0.05) is 36.4 Å². The van der Waals surface area contributed by atoms with Crippen molar-refractivity contribution in [2.45, 2.75) is 5.92 Å². The second kappa shape index (κ2) is 9.15. The van der Waals surface area contributed by atoms with Gasteiger partial charge in [-0.25, -0.2) is 14.4 Å². The highest BCUT2D eigenvalue weighted by molar-refractivity contribution is 6.08. The molecule has 1 heterocycles. The molecule has 0 fully saturated rings. The Morgan fingerprint density at radius 1 is 1.03 bits per heavy atom. The number of hydrogen-bond donors (Lipinski definition) is 3. The fourth-order valence-corrected chi connectivity index (χ4v) is 3.70. The van der Waals surface area contributed by atoms with Crippen LogP contribution in [-0.2, 0) is 19.1 Å². The van der Waals surface area contributed by atoms with E-state index in [0.29, 0.717) is 5.56 Å². The molecule has 2 aromatic carbocycles. The zero-order chi connectivity index (χ0) is 24.3. The van der Waals surface area contributed by atoms with Crippen molar-refractivity contribution in [3.63, 3.8) is 0 Å². The van der Waals surface area contributed by atoms with Gasteiger partial charge in [0.15, 0.2) is 0 Å². The molecule has 0 amide bonds. The first-order valence-electron chi connectivity index (χ1n) is 9.49. The molecule has 4 N–H and O–H groups in total. The van der Waals surface area contributed by atoms with Crippen molar-refractivity contribution >= 4 is 23.6 Å². The predicted molar refractivity (Wildman–Crippen MR) is 115 cm³/mol. The maximum atomic E-state index is 13.0. The van der Waals surface area contributed by atoms with Gasteiger partial charge in [-0.2, -0.15) is 5.26 Å². The van der Waals surface area contributed by atoms with Crippen LogP contribution in [0.25, 0.3) is 0 Å². The molecule has 10 nitrogen and oxygen atoms in total. The number of anilines is 1. The molecule has 0 saturated carbocycles. The number of nitrogens with zero attached hydrogens (tertiary/aromatic N) is 2. The average Bonchev–Trinajstić information content (AvgIpc) is 2.82. The van der Waals surface area contributed by atoms with Crippen LogP contribution in [0.15, 0.2) is 71.2 Å². The number of hydrogen-bond acceptors (Lipinski definition) is 9. The van der Waals surface area contributed by atoms with Crippen LogP contribution in [0.3, 0.4) is 0 Å². The summed E-state index contributed by atoms with van der Waals surface area (Å²) in [5, 5.41) is 29.8. The molecule has 0 aromatic heterocycles. The Bertz CT molecular complexity index is 1240. The van der Waals surface area contributed by atoms with E-state index in [9.17, 15) is 29.9 Å². The van der Waals surface area contributed by atoms with Gasteiger partial charge in [-0.05, 0) is 17.7 Å². The number of nitrogens with two attached hydrogens (primary N) is 1. The summed E-state index contributed by atoms with van der Waals surface area (Å²) in [4.78, 5) is 38.8. The van der Waals surface area contributed by atoms with Crippen molar-refractivity contribution in [2.24, 2.45) is 5.73 Å². The largest absolute Gasteiger partial charge is 0.507 e. The maximum absolute atomic E-state index is 13.0. The van der Waals surface area contributed by atoms with Crippen LogP contribution in [0, 0.1) is 11.3 Å². The topological polar surface area (TPSA) is 163 Å². The number of ether oxygens (including phenoxy) is 2. The highest BCUT2D eigenvalue weighted by atomic mass is 16.5. The minimum atomic E-state index is -1.52. The molecule has 3 rings (SSSR count). The molecule has 0 bridgehead atoms. The summed E-state index contributed by atoms with van der Waals surface area (Å²) < 4.78 is 9.79. The standard InChI is InChI=1S/C23H19N3O7/c1-32-22(30)18-16(12-7-4-3-5-8-12)13(11-24)20(25)26(19(18)23(31)33-2)14-9-6-10-15(27)17(14)21(28)29/h3-10,16,27H,25H2,1-2H3,(H,28,29). The average molecular weight is 449 g/mol. The maximum Gasteiger partial charge on any atom is 0.355 e. The Hall–Kier alpha value is -4.78. The molecule has 2 aromatic rings. The molecule has 10 heteroatoms. The van der Waals surface area contributed by atoms with E-state index in [1.807, 2.05) is 6.07 Å². The second-order valence-electron chi connectivity index (χ2n) is 6.81. The quantitative estimate of drug-likeness (QED) is 0.575. The van der Waals surface area contributed by atoms with Crippen molar-refractivity contribution in [2.75, 3.05) is 19.1 Å². The van der Waals surface area contributed by atoms with Gasteiger partial charge in [0.1, 0.15) is 22.8 Å². The number of rotatable bonds is 5. The van der Waals surface area contributed by atoms with E-state index in [1.165, 1.54) is 12.1 Å². The molecular formula is C23H19N3O7. The number of allylic oxidation sites excluding steroid dienone is 1. The van der Waals surface area contributed by atoms with Gasteiger partial charge in [0.05, 0.1) is 43.0 Å². The number of benzene rings is 2. The first-order chi connectivity index (χ1) is 15.8. The molecule has 168 valence electrons. The zero-order valence-corrected chi connectivity index (χ0v) is 17.6. The number of aromatic carboxylic acids is 1. The summed E-state index contributed by atoms with van der Waals surface area (Å²) in [6, 6.07) is 14.1. The summed E-state index contributed by atoms with van der Waals surface area (Å²) in [6.07, 6.45) is 0. The van der Waals surface area contributed by atoms with Gasteiger partial charge >= 0.3 is 17.9 Å². The Labute approximate surface area is 188 Å². The van der Waals surface area contributed by atoms with Crippen LogP contribution in [0.2, 0.25) is 0 Å². The lowest BCUT2D eigenvalue weighted by molar-refractivity contribution is -0.139. The number of carbonyl (C=O) groups excluding carboxylic acids is 2. The number of aromatic hydroxyl groups is 1. The molecule has 1 aliphatic rings. The summed E-state index contributed by atoms with van der Waals surface area (Å²) in [7, 11) is 2.17. The normalized spacial score (nSPS) is 15.7. The lowest BCUT2D eigenvalue weighted by Crippen LogP contribution is -2.41. The molecule has 1 atom stereocenters. The summed E-state index contributed by atoms with van der Waals surface area (Å²) >= 11 is 0. The van der Waals surface area contributed by atoms with Gasteiger partial charge in [0.2, 0.25) is 0 Å². The molecule has 1 unspecified atom stereocenters. The molecular weight excluding hydrogens is 430 g/mol. The number of methoxy groups -OCH3 is 2. The number of phenols is 1. The van der Waals surface area contributed by atoms with Crippen LogP contribution in [0.1, 0.15) is 21.8 Å². The number of carboxylic acid groups (broad SMARTS) is 1. The Balaban J connectivity index is 2.49. The lowest BCUT2D eigenvalue weighted by Gasteiger charge is -2.36. The minimum Gasteiger partial charge on any atom is -0.507 e. The number of carboxylic acids is 1. The Morgan fingerprint density at radius 2 is 1.67 bits per heavy atom. The molecule has 0 spiro atoms. The van der Waals surface area contributed by atoms with Gasteiger partial charge < -0.3 is 25.4 Å². The van der Waals surface area contributed by atoms with Gasteiger partial charge in [-0.15, -0.1) is 0 Å². The predicted octanol–water partition coefficient (Wildman–Crippen LogP) is 1.99. The van der Waals surface area contributed by atoms with E-state index >= 15 is 0 Å². The molecule has 33 heavy (non-hydrogen) atoms. The summed E-state index contributed by atoms with van der Waals surface area (Å²) in [5.74, 6) is -5.53. The van der Waals surface area contributed by atoms with Crippen molar-refractivity contribution in [3.8, 4) is 11.8 Å². The van der Waals surface area contributed by atoms with Crippen molar-refractivity contribution in [1.29, 1.82) is 5.26 Å². The first-order valence-corrected chi connectivity index (χ1v) is 9.49. The Morgan fingerprint density at radius 3 is 2.21 bits per heavy atom. The van der Waals surface area contributed by atoms with Gasteiger partial charge in [0.25, 0.3) is 0 Å². The number of esters is 2. The fourth-order valence-electron chi connectivity index (χ4n) is 3.70. The SMILES string of the molecule is COC(=O)C1=C(C(=O)OC)N(c2cccc(O)c2C(=O)O)C(N)=C(C#N)C1c1ccccc1. The van der Waals surface area contributed by atoms with E-state index in [4.69, 9.17) is 15.2 Å². The summed E-state index contributed by atoms with van der Waals surface area (Å²) in [5.41, 5.74) is 5.09. The van der Waals surface area contributed by atoms with Crippen LogP contribution in [0.5, 0.6) is 5.75 Å². The number of carbonyl (C=O) groups is 3. The number of nitriles is 1. The fraction of sp³-hybridized carbons (Fsp3) is 0.130. The minimum absolute atomic E-state index is 0.131. The van der Waals surface area contributed by atoms with Crippen LogP contribution in [0.4, 0.5) is 5.69 Å². The van der Waals surface area contributed by atoms with E-state index in [1.54, 1.807) is 30.3 Å². The first kappa shape index (κ1) is 22.9. The van der Waals surface area contributed by atoms with Gasteiger partial charge in [0, 0.05) is 0 Å². The van der Waals surface area contributed by atoms with Gasteiger partial charge in [-0.3, -0.25) is 4.90 Å². The summed E-state index contributed by atoms with van der Waals surface area (Å²) in [6.45, 7) is 0. The van der Waals surface area contributed by atoms with Crippen LogP contribution >= 0.6 is 0 Å². The third kappa shape index (κ3) is 3.83. The molecule has 0 saturated heterocycles. The monoisotopic (exact) mass is 449 g/mol. The molecule has 1 aliphatic heterocycles. The highest BCUT2D eigenvalue weighted by Gasteiger charge is 2.44. The zero-order valence-electron chi connectivity index (χ0n) is 17.6. The lowest BCUT2D eigenvalue weighted by atomic mass is 9.80. The van der Waals surface area contributed by atoms with Crippen LogP contribution < -0.4 is 10.6 Å². The molecule has 0 radical (unpaired) electrons. The van der Waals surface area contributed by atoms with Crippen molar-refractivity contribution in [3.05, 3.63) is 82.3 Å². The molecule has 0 aliphatic carbocycles. The second-order valence-corrected chi connectivity index (χ2v) is 6.81. The van der Waals surface area contributed by atoms with Crippen molar-refractivity contribution in [1.82, 2.24) is 0 Å². The highest BCUT2D eigenvalue weighted by Crippen LogP contribution is 2.44. The van der Waals surface area contributed by atoms with E-state index in [-0.39, 0.29) is 22.7 Å². The smallest absolute Gasteiger partial charge is 0.355 e. The van der Waals surface area contributed by atoms with E-state index < -0.39 is 40.8 Å². The van der Waals surface area contributed by atoms with Crippen LogP contribution in [-0.4, -0.2) is 42.3 Å². The Kier molecular flexibility index (Phi) is 6.35. The van der Waals surface area contributed by atoms with E-state index in [2.05, 4.69) is 0 Å². The third-order valence-corrected chi connectivity index (χ3v) is 5.09. The van der Waals surface area contributed by atoms with Crippen molar-refractivity contribution < 1.29 is 34.1 Å². The third-order valence-electron chi connectivity index (χ3n) is 5.09.